The van der Waals surface area contributed by atoms with Gasteiger partial charge in [-0.25, -0.2) is 9.36 Å². The summed E-state index contributed by atoms with van der Waals surface area (Å²) in [5.41, 5.74) is 1.85. The molecule has 0 fully saturated rings. The molecule has 18 heavy (non-hydrogen) atoms. The molecule has 6 nitrogen and oxygen atoms in total. The fourth-order valence-corrected chi connectivity index (χ4v) is 2.26. The highest BCUT2D eigenvalue weighted by Gasteiger charge is 2.14. The highest BCUT2D eigenvalue weighted by atomic mass is 35.5. The van der Waals surface area contributed by atoms with Gasteiger partial charge < -0.3 is 5.84 Å². The van der Waals surface area contributed by atoms with Gasteiger partial charge in [0.05, 0.1) is 5.69 Å². The van der Waals surface area contributed by atoms with E-state index in [1.165, 1.54) is 16.4 Å². The molecule has 2 N–H and O–H groups in total. The fraction of sp³-hybridized carbons (Fsp3) is 0.300. The molecule has 0 amide bonds. The average Bonchev–Trinajstić information content (AvgIpc) is 2.79. The van der Waals surface area contributed by atoms with Crippen LogP contribution in [0.25, 0.3) is 5.95 Å². The van der Waals surface area contributed by atoms with Crippen molar-refractivity contribution in [2.75, 3.05) is 11.6 Å². The number of rotatable bonds is 4. The number of halogens is 1. The second-order valence-electron chi connectivity index (χ2n) is 3.80. The van der Waals surface area contributed by atoms with Gasteiger partial charge in [-0.2, -0.15) is 5.10 Å². The van der Waals surface area contributed by atoms with Crippen LogP contribution in [0.1, 0.15) is 11.4 Å². The molecule has 0 aliphatic carbocycles. The zero-order valence-corrected chi connectivity index (χ0v) is 11.7. The summed E-state index contributed by atoms with van der Waals surface area (Å²) >= 11 is 7.08. The number of nitrogens with two attached hydrogens (primary N) is 1. The summed E-state index contributed by atoms with van der Waals surface area (Å²) in [7, 11) is 0. The molecule has 0 spiro atoms. The molecule has 2 aromatic rings. The molecule has 0 radical (unpaired) electrons. The van der Waals surface area contributed by atoms with Crippen molar-refractivity contribution in [3.8, 4) is 5.95 Å². The normalized spacial score (nSPS) is 10.8. The molecule has 0 saturated carbocycles. The summed E-state index contributed by atoms with van der Waals surface area (Å²) in [5, 5.41) is 13.5. The fourth-order valence-electron chi connectivity index (χ4n) is 1.49. The van der Waals surface area contributed by atoms with E-state index in [-0.39, 0.29) is 0 Å². The van der Waals surface area contributed by atoms with Crippen LogP contribution < -0.4 is 5.84 Å². The molecule has 0 bridgehead atoms. The lowest BCUT2D eigenvalue weighted by Crippen LogP contribution is -2.17. The Kier molecular flexibility index (Phi) is 3.63. The Labute approximate surface area is 114 Å². The van der Waals surface area contributed by atoms with Crippen LogP contribution in [0.5, 0.6) is 0 Å². The van der Waals surface area contributed by atoms with Crippen LogP contribution >= 0.6 is 23.4 Å². The summed E-state index contributed by atoms with van der Waals surface area (Å²) in [6, 6.07) is 1.95. The lowest BCUT2D eigenvalue weighted by Gasteiger charge is -2.04. The molecule has 0 aliphatic rings. The van der Waals surface area contributed by atoms with Crippen LogP contribution in [0.15, 0.2) is 22.8 Å². The van der Waals surface area contributed by atoms with Crippen molar-refractivity contribution in [1.82, 2.24) is 24.7 Å². The van der Waals surface area contributed by atoms with Crippen molar-refractivity contribution in [2.24, 2.45) is 0 Å². The molecule has 2 heterocycles. The maximum absolute atomic E-state index is 5.94. The van der Waals surface area contributed by atoms with Gasteiger partial charge in [0.15, 0.2) is 0 Å². The second-order valence-corrected chi connectivity index (χ2v) is 5.27. The zero-order valence-electron chi connectivity index (χ0n) is 10.1. The molecule has 2 rings (SSSR count). The molecule has 0 aromatic carbocycles. The van der Waals surface area contributed by atoms with Gasteiger partial charge >= 0.3 is 0 Å². The second kappa shape index (κ2) is 5.03. The quantitative estimate of drug-likeness (QED) is 0.682. The summed E-state index contributed by atoms with van der Waals surface area (Å²) in [5.74, 6) is 6.95. The van der Waals surface area contributed by atoms with E-state index in [2.05, 4.69) is 21.9 Å². The first-order chi connectivity index (χ1) is 8.49. The standard InChI is InChI=1S/C10H13ClN6S/c1-6(11)5-18-10-14-13-9(16(10)12)17-8(3)4-7(2)15-17/h4H,1,5,12H2,2-3H3. The van der Waals surface area contributed by atoms with Crippen LogP contribution in [-0.2, 0) is 0 Å². The summed E-state index contributed by atoms with van der Waals surface area (Å²) in [6.45, 7) is 7.45. The molecule has 0 saturated heterocycles. The van der Waals surface area contributed by atoms with Gasteiger partial charge in [-0.3, -0.25) is 0 Å². The van der Waals surface area contributed by atoms with E-state index < -0.39 is 0 Å². The van der Waals surface area contributed by atoms with Gasteiger partial charge in [-0.05, 0) is 19.9 Å². The molecule has 0 atom stereocenters. The largest absolute Gasteiger partial charge is 0.334 e. The molecule has 2 aromatic heterocycles. The third kappa shape index (κ3) is 2.51. The topological polar surface area (TPSA) is 74.5 Å². The van der Waals surface area contributed by atoms with Crippen molar-refractivity contribution in [3.05, 3.63) is 29.1 Å². The predicted octanol–water partition coefficient (Wildman–Crippen LogP) is 1.64. The lowest BCUT2D eigenvalue weighted by molar-refractivity contribution is 0.727. The minimum atomic E-state index is 0.475. The number of thioether (sulfide) groups is 1. The number of aromatic nitrogens is 5. The Bertz CT molecular complexity index is 587. The van der Waals surface area contributed by atoms with Crippen molar-refractivity contribution >= 4 is 23.4 Å². The highest BCUT2D eigenvalue weighted by Crippen LogP contribution is 2.20. The van der Waals surface area contributed by atoms with E-state index in [1.807, 2.05) is 19.9 Å². The van der Waals surface area contributed by atoms with Gasteiger partial charge in [-0.15, -0.1) is 10.2 Å². The van der Waals surface area contributed by atoms with Crippen molar-refractivity contribution < 1.29 is 0 Å². The maximum atomic E-state index is 5.94. The van der Waals surface area contributed by atoms with E-state index in [0.717, 1.165) is 11.4 Å². The van der Waals surface area contributed by atoms with Gasteiger partial charge in [0.1, 0.15) is 0 Å². The van der Waals surface area contributed by atoms with E-state index in [1.54, 1.807) is 4.68 Å². The number of hydrogen-bond acceptors (Lipinski definition) is 5. The number of hydrogen-bond donors (Lipinski definition) is 1. The van der Waals surface area contributed by atoms with Gasteiger partial charge in [0.2, 0.25) is 5.16 Å². The highest BCUT2D eigenvalue weighted by molar-refractivity contribution is 7.99. The first kappa shape index (κ1) is 13.0. The van der Waals surface area contributed by atoms with E-state index in [9.17, 15) is 0 Å². The first-order valence-electron chi connectivity index (χ1n) is 5.19. The lowest BCUT2D eigenvalue weighted by atomic mass is 10.4. The third-order valence-electron chi connectivity index (χ3n) is 2.20. The smallest absolute Gasteiger partial charge is 0.271 e. The van der Waals surface area contributed by atoms with Crippen molar-refractivity contribution in [2.45, 2.75) is 19.0 Å². The summed E-state index contributed by atoms with van der Waals surface area (Å²) in [4.78, 5) is 0. The Morgan fingerprint density at radius 1 is 1.50 bits per heavy atom. The Hall–Kier alpha value is -1.47. The predicted molar refractivity (Wildman–Crippen MR) is 72.5 cm³/mol. The minimum Gasteiger partial charge on any atom is -0.334 e. The molecule has 0 aliphatic heterocycles. The molecule has 0 unspecified atom stereocenters. The van der Waals surface area contributed by atoms with E-state index in [4.69, 9.17) is 17.4 Å². The van der Waals surface area contributed by atoms with Gasteiger partial charge in [0.25, 0.3) is 5.95 Å². The third-order valence-corrected chi connectivity index (χ3v) is 3.52. The van der Waals surface area contributed by atoms with Crippen LogP contribution in [0, 0.1) is 13.8 Å². The number of nitrogens with zero attached hydrogens (tertiary/aromatic N) is 5. The van der Waals surface area contributed by atoms with Crippen LogP contribution in [-0.4, -0.2) is 30.4 Å². The van der Waals surface area contributed by atoms with Crippen molar-refractivity contribution in [3.63, 3.8) is 0 Å². The first-order valence-corrected chi connectivity index (χ1v) is 6.55. The molecule has 8 heteroatoms. The Balaban J connectivity index is 2.30. The van der Waals surface area contributed by atoms with E-state index >= 15 is 0 Å². The average molecular weight is 285 g/mol. The molecular formula is C10H13ClN6S. The Morgan fingerprint density at radius 2 is 2.22 bits per heavy atom. The zero-order chi connectivity index (χ0) is 13.3. The Morgan fingerprint density at radius 3 is 2.78 bits per heavy atom. The maximum Gasteiger partial charge on any atom is 0.271 e. The summed E-state index contributed by atoms with van der Waals surface area (Å²) < 4.78 is 3.05. The monoisotopic (exact) mass is 284 g/mol. The summed E-state index contributed by atoms with van der Waals surface area (Å²) in [6.07, 6.45) is 0. The van der Waals surface area contributed by atoms with Crippen LogP contribution in [0.2, 0.25) is 0 Å². The van der Waals surface area contributed by atoms with E-state index in [0.29, 0.717) is 21.9 Å². The van der Waals surface area contributed by atoms with Crippen LogP contribution in [0.4, 0.5) is 0 Å². The van der Waals surface area contributed by atoms with Gasteiger partial charge in [0, 0.05) is 16.5 Å². The molecule has 96 valence electrons. The number of aryl methyl sites for hydroxylation is 2. The number of nitrogen functional groups attached to an aromatic ring is 1. The van der Waals surface area contributed by atoms with Crippen molar-refractivity contribution in [1.29, 1.82) is 0 Å². The SMILES string of the molecule is C=C(Cl)CSc1nnc(-n2nc(C)cc2C)n1N. The van der Waals surface area contributed by atoms with Crippen LogP contribution in [0.3, 0.4) is 0 Å². The minimum absolute atomic E-state index is 0.475. The van der Waals surface area contributed by atoms with Gasteiger partial charge in [-0.1, -0.05) is 29.9 Å². The molecular weight excluding hydrogens is 272 g/mol.